The number of carbonyl (C=O) groups is 2. The number of hydrogen-bond acceptors (Lipinski definition) is 3. The topological polar surface area (TPSA) is 58.2 Å². The third-order valence-electron chi connectivity index (χ3n) is 2.77. The lowest BCUT2D eigenvalue weighted by molar-refractivity contribution is -0.124. The van der Waals surface area contributed by atoms with Crippen LogP contribution in [0.3, 0.4) is 0 Å². The van der Waals surface area contributed by atoms with Gasteiger partial charge in [-0.1, -0.05) is 0 Å². The second-order valence-corrected chi connectivity index (χ2v) is 5.65. The molecule has 1 unspecified atom stereocenters. The molecule has 0 spiro atoms. The molecule has 0 radical (unpaired) electrons. The Morgan fingerprint density at radius 1 is 1.56 bits per heavy atom. The van der Waals surface area contributed by atoms with E-state index in [2.05, 4.69) is 10.6 Å². The van der Waals surface area contributed by atoms with Crippen molar-refractivity contribution in [3.63, 3.8) is 0 Å². The number of amides is 2. The number of thiophene rings is 1. The Kier molecular flexibility index (Phi) is 4.15. The molecule has 1 fully saturated rings. The predicted molar refractivity (Wildman–Crippen MR) is 72.3 cm³/mol. The second-order valence-electron chi connectivity index (χ2n) is 4.33. The van der Waals surface area contributed by atoms with Crippen molar-refractivity contribution in [1.82, 2.24) is 10.6 Å². The van der Waals surface area contributed by atoms with E-state index in [1.54, 1.807) is 17.4 Å². The van der Waals surface area contributed by atoms with E-state index in [-0.39, 0.29) is 17.9 Å². The molecule has 18 heavy (non-hydrogen) atoms. The van der Waals surface area contributed by atoms with E-state index in [4.69, 9.17) is 0 Å². The fourth-order valence-electron chi connectivity index (χ4n) is 1.81. The molecule has 0 bridgehead atoms. The second kappa shape index (κ2) is 5.82. The summed E-state index contributed by atoms with van der Waals surface area (Å²) in [5.74, 6) is -0.0488. The van der Waals surface area contributed by atoms with Crippen LogP contribution >= 0.6 is 11.3 Å². The van der Waals surface area contributed by atoms with Crippen molar-refractivity contribution in [3.8, 4) is 0 Å². The summed E-state index contributed by atoms with van der Waals surface area (Å²) in [4.78, 5) is 24.9. The fraction of sp³-hybridized carbons (Fsp3) is 0.385. The van der Waals surface area contributed by atoms with Gasteiger partial charge in [-0.05, 0) is 31.6 Å². The van der Waals surface area contributed by atoms with E-state index < -0.39 is 0 Å². The molecule has 1 atom stereocenters. The molecule has 2 N–H and O–H groups in total. The Labute approximate surface area is 110 Å². The van der Waals surface area contributed by atoms with E-state index in [9.17, 15) is 9.59 Å². The molecule has 1 aromatic heterocycles. The fourth-order valence-corrected chi connectivity index (χ4v) is 2.59. The van der Waals surface area contributed by atoms with E-state index >= 15 is 0 Å². The smallest absolute Gasteiger partial charge is 0.244 e. The number of hydrogen-bond donors (Lipinski definition) is 2. The van der Waals surface area contributed by atoms with E-state index in [0.29, 0.717) is 19.4 Å². The standard InChI is InChI=1S/C13H16N2O2S/c1-9-2-4-11(18-9)5-7-13(17)15-10-3-6-12(16)14-8-10/h2,4-5,7,10H,3,6,8H2,1H3,(H,14,16)(H,15,17). The van der Waals surface area contributed by atoms with Crippen LogP contribution in [0, 0.1) is 6.92 Å². The van der Waals surface area contributed by atoms with Gasteiger partial charge in [0, 0.05) is 34.8 Å². The van der Waals surface area contributed by atoms with Crippen LogP contribution in [-0.2, 0) is 9.59 Å². The first kappa shape index (κ1) is 12.8. The highest BCUT2D eigenvalue weighted by molar-refractivity contribution is 7.12. The summed E-state index contributed by atoms with van der Waals surface area (Å²) in [6.07, 6.45) is 4.55. The Balaban J connectivity index is 1.81. The zero-order valence-electron chi connectivity index (χ0n) is 10.2. The Morgan fingerprint density at radius 2 is 2.39 bits per heavy atom. The van der Waals surface area contributed by atoms with Crippen molar-refractivity contribution < 1.29 is 9.59 Å². The lowest BCUT2D eigenvalue weighted by atomic mass is 10.1. The minimum atomic E-state index is -0.109. The molecule has 2 heterocycles. The maximum absolute atomic E-state index is 11.7. The molecule has 2 amide bonds. The highest BCUT2D eigenvalue weighted by Crippen LogP contribution is 2.16. The van der Waals surface area contributed by atoms with Gasteiger partial charge in [-0.15, -0.1) is 11.3 Å². The lowest BCUT2D eigenvalue weighted by Gasteiger charge is -2.22. The van der Waals surface area contributed by atoms with Crippen LogP contribution in [0.4, 0.5) is 0 Å². The number of nitrogens with one attached hydrogen (secondary N) is 2. The third-order valence-corrected chi connectivity index (χ3v) is 3.74. The molecule has 1 saturated heterocycles. The van der Waals surface area contributed by atoms with Crippen LogP contribution in [0.5, 0.6) is 0 Å². The van der Waals surface area contributed by atoms with Crippen molar-refractivity contribution in [2.75, 3.05) is 6.54 Å². The van der Waals surface area contributed by atoms with Gasteiger partial charge in [-0.3, -0.25) is 9.59 Å². The Morgan fingerprint density at radius 3 is 3.00 bits per heavy atom. The molecule has 0 saturated carbocycles. The maximum atomic E-state index is 11.7. The van der Waals surface area contributed by atoms with E-state index in [1.165, 1.54) is 4.88 Å². The normalized spacial score (nSPS) is 19.8. The molecule has 1 aromatic rings. The summed E-state index contributed by atoms with van der Waals surface area (Å²) >= 11 is 1.65. The summed E-state index contributed by atoms with van der Waals surface area (Å²) in [6, 6.07) is 4.06. The highest BCUT2D eigenvalue weighted by atomic mass is 32.1. The zero-order chi connectivity index (χ0) is 13.0. The molecule has 2 rings (SSSR count). The van der Waals surface area contributed by atoms with Gasteiger partial charge in [0.1, 0.15) is 0 Å². The summed E-state index contributed by atoms with van der Waals surface area (Å²) < 4.78 is 0. The van der Waals surface area contributed by atoms with Crippen LogP contribution in [-0.4, -0.2) is 24.4 Å². The van der Waals surface area contributed by atoms with Crippen molar-refractivity contribution in [2.24, 2.45) is 0 Å². The lowest BCUT2D eigenvalue weighted by Crippen LogP contribution is -2.47. The molecule has 0 aromatic carbocycles. The summed E-state index contributed by atoms with van der Waals surface area (Å²) in [5, 5.41) is 5.62. The minimum absolute atomic E-state index is 0.0462. The molecule has 4 nitrogen and oxygen atoms in total. The third kappa shape index (κ3) is 3.70. The van der Waals surface area contributed by atoms with Crippen molar-refractivity contribution in [3.05, 3.63) is 28.0 Å². The average Bonchev–Trinajstić information content (AvgIpc) is 2.76. The first-order chi connectivity index (χ1) is 8.63. The molecule has 5 heteroatoms. The summed E-state index contributed by atoms with van der Waals surface area (Å²) in [7, 11) is 0. The molecular formula is C13H16N2O2S. The quantitative estimate of drug-likeness (QED) is 0.812. The molecule has 0 aliphatic carbocycles. The van der Waals surface area contributed by atoms with Crippen molar-refractivity contribution >= 4 is 29.2 Å². The minimum Gasteiger partial charge on any atom is -0.354 e. The van der Waals surface area contributed by atoms with Crippen molar-refractivity contribution in [2.45, 2.75) is 25.8 Å². The van der Waals surface area contributed by atoms with Gasteiger partial charge < -0.3 is 10.6 Å². The highest BCUT2D eigenvalue weighted by Gasteiger charge is 2.18. The van der Waals surface area contributed by atoms with Crippen LogP contribution in [0.15, 0.2) is 18.2 Å². The number of rotatable bonds is 3. The molecular weight excluding hydrogens is 248 g/mol. The Bertz CT molecular complexity index is 469. The molecule has 1 aliphatic heterocycles. The number of piperidine rings is 1. The van der Waals surface area contributed by atoms with E-state index in [0.717, 1.165) is 4.88 Å². The van der Waals surface area contributed by atoms with Crippen LogP contribution in [0.1, 0.15) is 22.6 Å². The molecule has 1 aliphatic rings. The monoisotopic (exact) mass is 264 g/mol. The largest absolute Gasteiger partial charge is 0.354 e. The van der Waals surface area contributed by atoms with Gasteiger partial charge in [-0.25, -0.2) is 0 Å². The van der Waals surface area contributed by atoms with E-state index in [1.807, 2.05) is 25.1 Å². The predicted octanol–water partition coefficient (Wildman–Crippen LogP) is 1.46. The maximum Gasteiger partial charge on any atom is 0.244 e. The van der Waals surface area contributed by atoms with Gasteiger partial charge in [-0.2, -0.15) is 0 Å². The van der Waals surface area contributed by atoms with Crippen molar-refractivity contribution in [1.29, 1.82) is 0 Å². The zero-order valence-corrected chi connectivity index (χ0v) is 11.0. The first-order valence-corrected chi connectivity index (χ1v) is 6.77. The first-order valence-electron chi connectivity index (χ1n) is 5.95. The van der Waals surface area contributed by atoms with Gasteiger partial charge in [0.15, 0.2) is 0 Å². The van der Waals surface area contributed by atoms with Crippen LogP contribution in [0.2, 0.25) is 0 Å². The summed E-state index contributed by atoms with van der Waals surface area (Å²) in [6.45, 7) is 2.56. The SMILES string of the molecule is Cc1ccc(C=CC(=O)NC2CCC(=O)NC2)s1. The Hall–Kier alpha value is -1.62. The molecule has 96 valence electrons. The van der Waals surface area contributed by atoms with Gasteiger partial charge in [0.2, 0.25) is 11.8 Å². The van der Waals surface area contributed by atoms with Crippen LogP contribution < -0.4 is 10.6 Å². The van der Waals surface area contributed by atoms with Gasteiger partial charge >= 0.3 is 0 Å². The van der Waals surface area contributed by atoms with Gasteiger partial charge in [0.25, 0.3) is 0 Å². The summed E-state index contributed by atoms with van der Waals surface area (Å²) in [5.41, 5.74) is 0. The van der Waals surface area contributed by atoms with Gasteiger partial charge in [0.05, 0.1) is 0 Å². The number of carbonyl (C=O) groups excluding carboxylic acids is 2. The average molecular weight is 264 g/mol. The van der Waals surface area contributed by atoms with Crippen LogP contribution in [0.25, 0.3) is 6.08 Å². The number of aryl methyl sites for hydroxylation is 1.